The van der Waals surface area contributed by atoms with E-state index < -0.39 is 11.4 Å². The summed E-state index contributed by atoms with van der Waals surface area (Å²) >= 11 is 5.42. The van der Waals surface area contributed by atoms with E-state index in [9.17, 15) is 4.79 Å². The van der Waals surface area contributed by atoms with Crippen molar-refractivity contribution in [2.45, 2.75) is 45.1 Å². The molecule has 3 aromatic rings. The van der Waals surface area contributed by atoms with Crippen LogP contribution in [0.1, 0.15) is 37.7 Å². The Hall–Kier alpha value is -2.94. The van der Waals surface area contributed by atoms with Gasteiger partial charge in [0.15, 0.2) is 11.6 Å². The van der Waals surface area contributed by atoms with Crippen LogP contribution in [0.5, 0.6) is 5.88 Å². The summed E-state index contributed by atoms with van der Waals surface area (Å²) in [6.07, 6.45) is 5.52. The van der Waals surface area contributed by atoms with Crippen molar-refractivity contribution in [2.75, 3.05) is 7.11 Å². The molecule has 1 aliphatic rings. The van der Waals surface area contributed by atoms with Crippen molar-refractivity contribution in [1.29, 1.82) is 0 Å². The van der Waals surface area contributed by atoms with Gasteiger partial charge in [-0.1, -0.05) is 6.92 Å². The van der Waals surface area contributed by atoms with Crippen molar-refractivity contribution < 1.29 is 13.8 Å². The van der Waals surface area contributed by atoms with Crippen LogP contribution >= 0.6 is 11.9 Å². The number of nitrogens with zero attached hydrogens (tertiary/aromatic N) is 6. The van der Waals surface area contributed by atoms with Crippen molar-refractivity contribution in [3.05, 3.63) is 36.2 Å². The highest BCUT2D eigenvalue weighted by Gasteiger charge is 2.47. The molecule has 1 unspecified atom stereocenters. The lowest BCUT2D eigenvalue weighted by molar-refractivity contribution is -0.142. The van der Waals surface area contributed by atoms with E-state index in [-0.39, 0.29) is 0 Å². The number of pyridine rings is 1. The van der Waals surface area contributed by atoms with Crippen molar-refractivity contribution in [2.24, 2.45) is 0 Å². The van der Waals surface area contributed by atoms with Crippen molar-refractivity contribution in [3.8, 4) is 23.1 Å². The Labute approximate surface area is 172 Å². The summed E-state index contributed by atoms with van der Waals surface area (Å²) in [5, 5.41) is 8.66. The standard InChI is InChI=1S/C19H21ClN6O3/c1-4-19(18(27)29-20)8-5-9-26-15(23-24-17(19)26)13-6-7-14(16(22-13)28-3)25-10-12(2)21-11-25/h6-7,10-11H,4-5,8-9H2,1-3H3. The molecule has 0 saturated heterocycles. The molecule has 0 aromatic carbocycles. The van der Waals surface area contributed by atoms with Crippen LogP contribution in [-0.2, 0) is 21.0 Å². The summed E-state index contributed by atoms with van der Waals surface area (Å²) in [7, 11) is 1.57. The second-order valence-corrected chi connectivity index (χ2v) is 7.20. The third kappa shape index (κ3) is 3.05. The molecule has 0 bridgehead atoms. The first kappa shape index (κ1) is 19.4. The summed E-state index contributed by atoms with van der Waals surface area (Å²) in [6, 6.07) is 3.75. The first-order valence-corrected chi connectivity index (χ1v) is 9.68. The number of halogens is 1. The maximum absolute atomic E-state index is 12.5. The van der Waals surface area contributed by atoms with Gasteiger partial charge < -0.3 is 18.2 Å². The molecule has 0 fully saturated rings. The van der Waals surface area contributed by atoms with Crippen LogP contribution in [-0.4, -0.2) is 42.4 Å². The van der Waals surface area contributed by atoms with Gasteiger partial charge >= 0.3 is 5.97 Å². The SMILES string of the molecule is CCC1(C(=O)OCl)CCCn2c(-c3ccc(-n4cnc(C)c4)c(OC)n3)nnc21. The average molecular weight is 417 g/mol. The summed E-state index contributed by atoms with van der Waals surface area (Å²) in [4.78, 5) is 21.3. The number of methoxy groups -OCH3 is 1. The van der Waals surface area contributed by atoms with Crippen LogP contribution < -0.4 is 4.74 Å². The summed E-state index contributed by atoms with van der Waals surface area (Å²) in [6.45, 7) is 4.52. The van der Waals surface area contributed by atoms with Gasteiger partial charge in [-0.05, 0) is 38.3 Å². The van der Waals surface area contributed by atoms with Gasteiger partial charge in [0.2, 0.25) is 5.88 Å². The lowest BCUT2D eigenvalue weighted by Gasteiger charge is -2.32. The molecule has 0 saturated carbocycles. The van der Waals surface area contributed by atoms with E-state index >= 15 is 0 Å². The summed E-state index contributed by atoms with van der Waals surface area (Å²) in [5.41, 5.74) is 1.37. The molecule has 152 valence electrons. The first-order chi connectivity index (χ1) is 14.0. The van der Waals surface area contributed by atoms with Gasteiger partial charge in [-0.25, -0.2) is 14.8 Å². The molecule has 29 heavy (non-hydrogen) atoms. The second kappa shape index (κ2) is 7.47. The van der Waals surface area contributed by atoms with Gasteiger partial charge in [0.25, 0.3) is 0 Å². The number of hydrogen-bond acceptors (Lipinski definition) is 7. The smallest absolute Gasteiger partial charge is 0.338 e. The molecule has 0 radical (unpaired) electrons. The molecular weight excluding hydrogens is 396 g/mol. The van der Waals surface area contributed by atoms with E-state index in [2.05, 4.69) is 24.5 Å². The molecule has 0 aliphatic carbocycles. The Bertz CT molecular complexity index is 1060. The first-order valence-electron chi connectivity index (χ1n) is 9.37. The molecule has 0 N–H and O–H groups in total. The topological polar surface area (TPSA) is 97.0 Å². The van der Waals surface area contributed by atoms with Crippen molar-refractivity contribution in [3.63, 3.8) is 0 Å². The van der Waals surface area contributed by atoms with Gasteiger partial charge in [0.1, 0.15) is 28.7 Å². The maximum Gasteiger partial charge on any atom is 0.338 e. The fraction of sp³-hybridized carbons (Fsp3) is 0.421. The highest BCUT2D eigenvalue weighted by molar-refractivity contribution is 6.14. The maximum atomic E-state index is 12.5. The molecule has 1 aliphatic heterocycles. The van der Waals surface area contributed by atoms with Gasteiger partial charge in [-0.15, -0.1) is 10.2 Å². The number of carbonyl (C=O) groups excluding carboxylic acids is 1. The Kier molecular flexibility index (Phi) is 4.99. The number of ether oxygens (including phenoxy) is 1. The van der Waals surface area contributed by atoms with Gasteiger partial charge in [0, 0.05) is 12.7 Å². The van der Waals surface area contributed by atoms with E-state index in [0.717, 1.165) is 17.8 Å². The van der Waals surface area contributed by atoms with Crippen molar-refractivity contribution in [1.82, 2.24) is 29.3 Å². The fourth-order valence-corrected chi connectivity index (χ4v) is 4.06. The quantitative estimate of drug-likeness (QED) is 0.630. The minimum Gasteiger partial charge on any atom is -0.479 e. The Morgan fingerprint density at radius 2 is 2.17 bits per heavy atom. The molecule has 1 atom stereocenters. The van der Waals surface area contributed by atoms with Crippen LogP contribution in [0.4, 0.5) is 0 Å². The zero-order valence-corrected chi connectivity index (χ0v) is 17.2. The largest absolute Gasteiger partial charge is 0.479 e. The van der Waals surface area contributed by atoms with E-state index in [1.165, 1.54) is 0 Å². The number of aryl methyl sites for hydroxylation is 1. The third-order valence-electron chi connectivity index (χ3n) is 5.48. The predicted molar refractivity (Wildman–Crippen MR) is 105 cm³/mol. The Morgan fingerprint density at radius 3 is 2.83 bits per heavy atom. The number of imidazole rings is 1. The van der Waals surface area contributed by atoms with Gasteiger partial charge in [-0.2, -0.15) is 0 Å². The number of aromatic nitrogens is 6. The number of rotatable bonds is 5. The minimum atomic E-state index is -0.899. The lowest BCUT2D eigenvalue weighted by atomic mass is 9.78. The van der Waals surface area contributed by atoms with E-state index in [0.29, 0.717) is 42.6 Å². The molecule has 9 nitrogen and oxygen atoms in total. The van der Waals surface area contributed by atoms with Gasteiger partial charge in [-0.3, -0.25) is 0 Å². The minimum absolute atomic E-state index is 0.440. The molecule has 4 rings (SSSR count). The molecule has 0 amide bonds. The second-order valence-electron chi connectivity index (χ2n) is 7.05. The summed E-state index contributed by atoms with van der Waals surface area (Å²) in [5.74, 6) is 1.07. The molecule has 10 heteroatoms. The molecule has 0 spiro atoms. The fourth-order valence-electron chi connectivity index (χ4n) is 3.91. The zero-order chi connectivity index (χ0) is 20.6. The number of hydrogen-bond donors (Lipinski definition) is 0. The van der Waals surface area contributed by atoms with E-state index in [4.69, 9.17) is 16.6 Å². The van der Waals surface area contributed by atoms with Crippen LogP contribution in [0, 0.1) is 6.92 Å². The third-order valence-corrected chi connectivity index (χ3v) is 5.62. The monoisotopic (exact) mass is 416 g/mol. The van der Waals surface area contributed by atoms with Crippen LogP contribution in [0.2, 0.25) is 0 Å². The van der Waals surface area contributed by atoms with Crippen molar-refractivity contribution >= 4 is 17.8 Å². The molecule has 3 aromatic heterocycles. The highest BCUT2D eigenvalue weighted by atomic mass is 35.5. The van der Waals surface area contributed by atoms with Crippen LogP contribution in [0.15, 0.2) is 24.7 Å². The lowest BCUT2D eigenvalue weighted by Crippen LogP contribution is -2.41. The van der Waals surface area contributed by atoms with Crippen LogP contribution in [0.25, 0.3) is 17.2 Å². The highest BCUT2D eigenvalue weighted by Crippen LogP contribution is 2.39. The molecular formula is C19H21ClN6O3. The summed E-state index contributed by atoms with van der Waals surface area (Å²) < 4.78 is 13.8. The number of fused-ring (bicyclic) bond motifs is 1. The zero-order valence-electron chi connectivity index (χ0n) is 16.4. The average Bonchev–Trinajstić information content (AvgIpc) is 3.39. The Morgan fingerprint density at radius 1 is 1.34 bits per heavy atom. The molecule has 4 heterocycles. The van der Waals surface area contributed by atoms with Gasteiger partial charge in [0.05, 0.1) is 19.1 Å². The predicted octanol–water partition coefficient (Wildman–Crippen LogP) is 2.98. The van der Waals surface area contributed by atoms with Crippen LogP contribution in [0.3, 0.4) is 0 Å². The number of carbonyl (C=O) groups is 1. The Balaban J connectivity index is 1.79. The normalized spacial score (nSPS) is 18.3. The van der Waals surface area contributed by atoms with E-state index in [1.807, 2.05) is 41.3 Å². The van der Waals surface area contributed by atoms with E-state index in [1.54, 1.807) is 13.4 Å².